The third-order valence-corrected chi connectivity index (χ3v) is 3.84. The fourth-order valence-electron chi connectivity index (χ4n) is 2.64. The van der Waals surface area contributed by atoms with E-state index in [0.717, 1.165) is 5.76 Å². The number of aryl methyl sites for hydroxylation is 1. The molecule has 1 unspecified atom stereocenters. The number of morpholine rings is 1. The Bertz CT molecular complexity index is 627. The van der Waals surface area contributed by atoms with Crippen molar-refractivity contribution in [1.82, 2.24) is 4.90 Å². The van der Waals surface area contributed by atoms with Crippen molar-refractivity contribution in [2.24, 2.45) is 0 Å². The zero-order valence-electron chi connectivity index (χ0n) is 12.2. The summed E-state index contributed by atoms with van der Waals surface area (Å²) in [6.07, 6.45) is 2.16. The minimum atomic E-state index is -0.400. The monoisotopic (exact) mass is 303 g/mol. The number of amides is 1. The second kappa shape index (κ2) is 6.75. The van der Waals surface area contributed by atoms with Crippen molar-refractivity contribution in [1.29, 1.82) is 0 Å². The van der Waals surface area contributed by atoms with Crippen LogP contribution in [-0.4, -0.2) is 30.5 Å². The fourth-order valence-corrected chi connectivity index (χ4v) is 2.64. The van der Waals surface area contributed by atoms with Crippen molar-refractivity contribution in [3.63, 3.8) is 0 Å². The van der Waals surface area contributed by atoms with Crippen LogP contribution >= 0.6 is 0 Å². The van der Waals surface area contributed by atoms with Gasteiger partial charge in [0, 0.05) is 24.9 Å². The van der Waals surface area contributed by atoms with Crippen molar-refractivity contribution in [3.05, 3.63) is 59.8 Å². The van der Waals surface area contributed by atoms with Gasteiger partial charge in [-0.15, -0.1) is 0 Å². The highest BCUT2D eigenvalue weighted by Crippen LogP contribution is 2.25. The molecule has 1 amide bonds. The van der Waals surface area contributed by atoms with Gasteiger partial charge in [0.2, 0.25) is 5.91 Å². The summed E-state index contributed by atoms with van der Waals surface area (Å²) in [7, 11) is 0. The van der Waals surface area contributed by atoms with Crippen LogP contribution in [0.2, 0.25) is 0 Å². The van der Waals surface area contributed by atoms with E-state index in [-0.39, 0.29) is 11.7 Å². The van der Waals surface area contributed by atoms with Gasteiger partial charge in [0.05, 0.1) is 19.4 Å². The van der Waals surface area contributed by atoms with Crippen molar-refractivity contribution in [2.75, 3.05) is 19.7 Å². The van der Waals surface area contributed by atoms with Crippen LogP contribution in [0.15, 0.2) is 47.1 Å². The number of rotatable bonds is 4. The summed E-state index contributed by atoms with van der Waals surface area (Å²) in [6, 6.07) is 10.2. The lowest BCUT2D eigenvalue weighted by atomic mass is 10.1. The molecular weight excluding hydrogens is 285 g/mol. The standard InChI is InChI=1S/C17H18FNO3/c18-15-6-2-1-5-14(15)16-12-19(9-11-22-16)17(20)8-7-13-4-3-10-21-13/h1-6,10,16H,7-9,11-12H2. The number of halogens is 1. The van der Waals surface area contributed by atoms with Gasteiger partial charge in [-0.1, -0.05) is 18.2 Å². The Kier molecular flexibility index (Phi) is 4.53. The molecule has 4 nitrogen and oxygen atoms in total. The molecule has 0 bridgehead atoms. The van der Waals surface area contributed by atoms with E-state index in [1.54, 1.807) is 29.4 Å². The van der Waals surface area contributed by atoms with E-state index in [1.165, 1.54) is 6.07 Å². The number of hydrogen-bond acceptors (Lipinski definition) is 3. The maximum Gasteiger partial charge on any atom is 0.223 e. The molecule has 2 aromatic rings. The second-order valence-corrected chi connectivity index (χ2v) is 5.30. The summed E-state index contributed by atoms with van der Waals surface area (Å²) in [4.78, 5) is 14.0. The molecule has 1 atom stereocenters. The normalized spacial score (nSPS) is 18.4. The van der Waals surface area contributed by atoms with E-state index in [4.69, 9.17) is 9.15 Å². The van der Waals surface area contributed by atoms with E-state index in [0.29, 0.717) is 38.1 Å². The van der Waals surface area contributed by atoms with Gasteiger partial charge < -0.3 is 14.1 Å². The molecule has 1 aromatic heterocycles. The molecule has 2 heterocycles. The SMILES string of the molecule is O=C(CCc1ccco1)N1CCOC(c2ccccc2F)C1. The Morgan fingerprint density at radius 3 is 2.91 bits per heavy atom. The van der Waals surface area contributed by atoms with Gasteiger partial charge in [-0.25, -0.2) is 4.39 Å². The molecule has 0 saturated carbocycles. The number of hydrogen-bond donors (Lipinski definition) is 0. The first-order chi connectivity index (χ1) is 10.7. The second-order valence-electron chi connectivity index (χ2n) is 5.30. The number of benzene rings is 1. The Balaban J connectivity index is 1.60. The molecule has 1 aliphatic heterocycles. The molecule has 22 heavy (non-hydrogen) atoms. The minimum Gasteiger partial charge on any atom is -0.469 e. The van der Waals surface area contributed by atoms with Crippen LogP contribution in [0, 0.1) is 5.82 Å². The quantitative estimate of drug-likeness (QED) is 0.872. The van der Waals surface area contributed by atoms with Gasteiger partial charge in [0.1, 0.15) is 17.7 Å². The third-order valence-electron chi connectivity index (χ3n) is 3.84. The van der Waals surface area contributed by atoms with Gasteiger partial charge in [0.25, 0.3) is 0 Å². The average Bonchev–Trinajstić information content (AvgIpc) is 3.06. The van der Waals surface area contributed by atoms with Crippen molar-refractivity contribution < 1.29 is 18.3 Å². The van der Waals surface area contributed by atoms with Crippen LogP contribution in [0.4, 0.5) is 4.39 Å². The Morgan fingerprint density at radius 2 is 2.14 bits per heavy atom. The third kappa shape index (κ3) is 3.36. The average molecular weight is 303 g/mol. The smallest absolute Gasteiger partial charge is 0.223 e. The molecule has 1 aliphatic rings. The Labute approximate surface area is 128 Å². The first-order valence-electron chi connectivity index (χ1n) is 7.40. The summed E-state index contributed by atoms with van der Waals surface area (Å²) in [5, 5.41) is 0. The number of nitrogens with zero attached hydrogens (tertiary/aromatic N) is 1. The van der Waals surface area contributed by atoms with Crippen LogP contribution < -0.4 is 0 Å². The highest BCUT2D eigenvalue weighted by molar-refractivity contribution is 5.76. The molecule has 1 fully saturated rings. The zero-order valence-corrected chi connectivity index (χ0v) is 12.2. The van der Waals surface area contributed by atoms with Gasteiger partial charge in [0.15, 0.2) is 0 Å². The highest BCUT2D eigenvalue weighted by Gasteiger charge is 2.26. The van der Waals surface area contributed by atoms with Crippen LogP contribution in [0.5, 0.6) is 0 Å². The molecular formula is C17H18FNO3. The molecule has 5 heteroatoms. The van der Waals surface area contributed by atoms with Gasteiger partial charge in [-0.2, -0.15) is 0 Å². The number of furan rings is 1. The van der Waals surface area contributed by atoms with Crippen molar-refractivity contribution in [2.45, 2.75) is 18.9 Å². The topological polar surface area (TPSA) is 42.7 Å². The van der Waals surface area contributed by atoms with Crippen LogP contribution in [-0.2, 0) is 16.0 Å². The van der Waals surface area contributed by atoms with Crippen LogP contribution in [0.1, 0.15) is 23.8 Å². The van der Waals surface area contributed by atoms with E-state index < -0.39 is 6.10 Å². The number of ether oxygens (including phenoxy) is 1. The van der Waals surface area contributed by atoms with Crippen LogP contribution in [0.25, 0.3) is 0 Å². The summed E-state index contributed by atoms with van der Waals surface area (Å²) >= 11 is 0. The summed E-state index contributed by atoms with van der Waals surface area (Å²) in [6.45, 7) is 1.35. The maximum absolute atomic E-state index is 13.8. The molecule has 0 aliphatic carbocycles. The lowest BCUT2D eigenvalue weighted by Gasteiger charge is -2.33. The number of carbonyl (C=O) groups is 1. The minimum absolute atomic E-state index is 0.0426. The molecule has 0 radical (unpaired) electrons. The van der Waals surface area contributed by atoms with Gasteiger partial charge in [-0.3, -0.25) is 4.79 Å². The maximum atomic E-state index is 13.8. The molecule has 1 saturated heterocycles. The van der Waals surface area contributed by atoms with Crippen molar-refractivity contribution >= 4 is 5.91 Å². The molecule has 0 N–H and O–H groups in total. The predicted molar refractivity (Wildman–Crippen MR) is 78.7 cm³/mol. The van der Waals surface area contributed by atoms with Gasteiger partial charge in [-0.05, 0) is 18.2 Å². The lowest BCUT2D eigenvalue weighted by molar-refractivity contribution is -0.139. The summed E-state index contributed by atoms with van der Waals surface area (Å²) in [5.74, 6) is 0.547. The fraction of sp³-hybridized carbons (Fsp3) is 0.353. The first kappa shape index (κ1) is 14.8. The van der Waals surface area contributed by atoms with E-state index in [1.807, 2.05) is 12.1 Å². The predicted octanol–water partition coefficient (Wildman–Crippen LogP) is 2.95. The van der Waals surface area contributed by atoms with Crippen LogP contribution in [0.3, 0.4) is 0 Å². The van der Waals surface area contributed by atoms with Gasteiger partial charge >= 0.3 is 0 Å². The zero-order chi connectivity index (χ0) is 15.4. The molecule has 3 rings (SSSR count). The largest absolute Gasteiger partial charge is 0.469 e. The molecule has 1 aromatic carbocycles. The Morgan fingerprint density at radius 1 is 1.27 bits per heavy atom. The number of carbonyl (C=O) groups excluding carboxylic acids is 1. The summed E-state index contributed by atoms with van der Waals surface area (Å²) < 4.78 is 24.7. The van der Waals surface area contributed by atoms with E-state index >= 15 is 0 Å². The molecule has 0 spiro atoms. The lowest BCUT2D eigenvalue weighted by Crippen LogP contribution is -2.42. The Hall–Kier alpha value is -2.14. The van der Waals surface area contributed by atoms with Crippen molar-refractivity contribution in [3.8, 4) is 0 Å². The first-order valence-corrected chi connectivity index (χ1v) is 7.40. The van der Waals surface area contributed by atoms with E-state index in [9.17, 15) is 9.18 Å². The van der Waals surface area contributed by atoms with E-state index in [2.05, 4.69) is 0 Å². The summed E-state index contributed by atoms with van der Waals surface area (Å²) in [5.41, 5.74) is 0.506. The highest BCUT2D eigenvalue weighted by atomic mass is 19.1. The molecule has 116 valence electrons.